The number of aliphatic carboxylic acids is 1. The number of hydrogen-bond acceptors (Lipinski definition) is 1. The zero-order chi connectivity index (χ0) is 12.0. The second-order valence-corrected chi connectivity index (χ2v) is 3.75. The normalized spacial score (nSPS) is 11.2. The average Bonchev–Trinajstić information content (AvgIpc) is 2.25. The number of rotatable bonds is 5. The van der Waals surface area contributed by atoms with E-state index in [2.05, 4.69) is 6.58 Å². The third-order valence-corrected chi connectivity index (χ3v) is 2.30. The molecule has 2 heteroatoms. The molecule has 0 fully saturated rings. The number of hydrogen-bond donors (Lipinski definition) is 1. The monoisotopic (exact) mass is 216 g/mol. The van der Waals surface area contributed by atoms with Crippen LogP contribution in [0.25, 0.3) is 6.08 Å². The lowest BCUT2D eigenvalue weighted by molar-refractivity contribution is -0.136. The molecular formula is C14H16O2. The maximum Gasteiger partial charge on any atom is 0.303 e. The molecular weight excluding hydrogens is 200 g/mol. The maximum absolute atomic E-state index is 10.5. The second-order valence-electron chi connectivity index (χ2n) is 3.75. The van der Waals surface area contributed by atoms with Crippen molar-refractivity contribution in [2.24, 2.45) is 0 Å². The standard InChI is InChI=1S/C14H16O2/c1-11(2)13(8-9-14(15)16)10-12-6-4-3-5-7-12/h3-7,10H,1,8-9H2,2H3,(H,15,16)/b13-10-. The van der Waals surface area contributed by atoms with Crippen molar-refractivity contribution in [1.29, 1.82) is 0 Å². The van der Waals surface area contributed by atoms with Crippen LogP contribution in [-0.4, -0.2) is 11.1 Å². The van der Waals surface area contributed by atoms with Crippen LogP contribution in [0, 0.1) is 0 Å². The summed E-state index contributed by atoms with van der Waals surface area (Å²) in [4.78, 5) is 10.5. The summed E-state index contributed by atoms with van der Waals surface area (Å²) < 4.78 is 0. The van der Waals surface area contributed by atoms with Crippen LogP contribution >= 0.6 is 0 Å². The van der Waals surface area contributed by atoms with Gasteiger partial charge in [0.2, 0.25) is 0 Å². The first-order valence-corrected chi connectivity index (χ1v) is 5.23. The lowest BCUT2D eigenvalue weighted by atomic mass is 10.0. The van der Waals surface area contributed by atoms with E-state index in [1.807, 2.05) is 43.3 Å². The highest BCUT2D eigenvalue weighted by Gasteiger charge is 2.03. The van der Waals surface area contributed by atoms with Crippen molar-refractivity contribution in [3.8, 4) is 0 Å². The molecule has 0 aliphatic carbocycles. The van der Waals surface area contributed by atoms with E-state index in [4.69, 9.17) is 5.11 Å². The van der Waals surface area contributed by atoms with E-state index >= 15 is 0 Å². The van der Waals surface area contributed by atoms with E-state index in [1.54, 1.807) is 0 Å². The smallest absolute Gasteiger partial charge is 0.303 e. The average molecular weight is 216 g/mol. The van der Waals surface area contributed by atoms with Crippen molar-refractivity contribution < 1.29 is 9.90 Å². The zero-order valence-corrected chi connectivity index (χ0v) is 9.44. The van der Waals surface area contributed by atoms with Crippen LogP contribution in [0.1, 0.15) is 25.3 Å². The minimum Gasteiger partial charge on any atom is -0.481 e. The second kappa shape index (κ2) is 5.91. The number of carboxylic acids is 1. The Morgan fingerprint density at radius 3 is 2.44 bits per heavy atom. The first kappa shape index (κ1) is 12.2. The Balaban J connectivity index is 2.81. The quantitative estimate of drug-likeness (QED) is 0.765. The van der Waals surface area contributed by atoms with Crippen LogP contribution in [0.15, 0.2) is 48.1 Å². The Kier molecular flexibility index (Phi) is 4.52. The molecule has 1 aromatic rings. The first-order valence-electron chi connectivity index (χ1n) is 5.23. The Labute approximate surface area is 95.9 Å². The van der Waals surface area contributed by atoms with Gasteiger partial charge in [-0.15, -0.1) is 0 Å². The molecule has 0 spiro atoms. The summed E-state index contributed by atoms with van der Waals surface area (Å²) in [6, 6.07) is 9.85. The Morgan fingerprint density at radius 1 is 1.31 bits per heavy atom. The van der Waals surface area contributed by atoms with Crippen molar-refractivity contribution in [2.75, 3.05) is 0 Å². The molecule has 0 saturated heterocycles. The fraction of sp³-hybridized carbons (Fsp3) is 0.214. The highest BCUT2D eigenvalue weighted by atomic mass is 16.4. The van der Waals surface area contributed by atoms with Crippen molar-refractivity contribution in [3.63, 3.8) is 0 Å². The summed E-state index contributed by atoms with van der Waals surface area (Å²) in [5.74, 6) is -0.778. The van der Waals surface area contributed by atoms with Crippen LogP contribution in [0.4, 0.5) is 0 Å². The molecule has 0 amide bonds. The molecule has 1 aromatic carbocycles. The van der Waals surface area contributed by atoms with Crippen molar-refractivity contribution in [2.45, 2.75) is 19.8 Å². The molecule has 0 unspecified atom stereocenters. The molecule has 0 atom stereocenters. The van der Waals surface area contributed by atoms with Gasteiger partial charge in [-0.3, -0.25) is 4.79 Å². The molecule has 84 valence electrons. The summed E-state index contributed by atoms with van der Waals surface area (Å²) in [6.45, 7) is 5.77. The van der Waals surface area contributed by atoms with Crippen LogP contribution in [0.2, 0.25) is 0 Å². The van der Waals surface area contributed by atoms with Gasteiger partial charge in [-0.25, -0.2) is 0 Å². The lowest BCUT2D eigenvalue weighted by Gasteiger charge is -2.05. The number of benzene rings is 1. The minimum atomic E-state index is -0.778. The van der Waals surface area contributed by atoms with Gasteiger partial charge in [-0.2, -0.15) is 0 Å². The third kappa shape index (κ3) is 4.13. The molecule has 2 nitrogen and oxygen atoms in total. The largest absolute Gasteiger partial charge is 0.481 e. The van der Waals surface area contributed by atoms with Gasteiger partial charge in [0.05, 0.1) is 0 Å². The van der Waals surface area contributed by atoms with Gasteiger partial charge in [0.25, 0.3) is 0 Å². The van der Waals surface area contributed by atoms with Crippen molar-refractivity contribution in [1.82, 2.24) is 0 Å². The van der Waals surface area contributed by atoms with Gasteiger partial charge in [-0.1, -0.05) is 48.6 Å². The van der Waals surface area contributed by atoms with E-state index in [-0.39, 0.29) is 6.42 Å². The van der Waals surface area contributed by atoms with Gasteiger partial charge in [0.1, 0.15) is 0 Å². The van der Waals surface area contributed by atoms with Crippen molar-refractivity contribution in [3.05, 3.63) is 53.6 Å². The van der Waals surface area contributed by atoms with Gasteiger partial charge < -0.3 is 5.11 Å². The Morgan fingerprint density at radius 2 is 1.94 bits per heavy atom. The zero-order valence-electron chi connectivity index (χ0n) is 9.44. The minimum absolute atomic E-state index is 0.144. The molecule has 0 saturated carbocycles. The summed E-state index contributed by atoms with van der Waals surface area (Å²) in [6.07, 6.45) is 2.66. The molecule has 0 aliphatic heterocycles. The number of allylic oxidation sites excluding steroid dienone is 2. The molecule has 1 N–H and O–H groups in total. The highest BCUT2D eigenvalue weighted by Crippen LogP contribution is 2.18. The number of carbonyl (C=O) groups is 1. The molecule has 0 bridgehead atoms. The van der Waals surface area contributed by atoms with Gasteiger partial charge in [0, 0.05) is 6.42 Å². The first-order chi connectivity index (χ1) is 7.59. The third-order valence-electron chi connectivity index (χ3n) is 2.30. The molecule has 1 rings (SSSR count). The fourth-order valence-electron chi connectivity index (χ4n) is 1.40. The Hall–Kier alpha value is -1.83. The van der Waals surface area contributed by atoms with Crippen LogP contribution < -0.4 is 0 Å². The number of carboxylic acid groups (broad SMARTS) is 1. The van der Waals surface area contributed by atoms with Crippen molar-refractivity contribution >= 4 is 12.0 Å². The van der Waals surface area contributed by atoms with Gasteiger partial charge in [-0.05, 0) is 24.5 Å². The van der Waals surface area contributed by atoms with E-state index in [1.165, 1.54) is 0 Å². The topological polar surface area (TPSA) is 37.3 Å². The molecule has 0 radical (unpaired) electrons. The van der Waals surface area contributed by atoms with E-state index in [0.29, 0.717) is 6.42 Å². The predicted octanol–water partition coefficient (Wildman–Crippen LogP) is 3.51. The molecule has 16 heavy (non-hydrogen) atoms. The van der Waals surface area contributed by atoms with Crippen LogP contribution in [0.5, 0.6) is 0 Å². The summed E-state index contributed by atoms with van der Waals surface area (Å²) in [5, 5.41) is 8.65. The highest BCUT2D eigenvalue weighted by molar-refractivity contribution is 5.68. The lowest BCUT2D eigenvalue weighted by Crippen LogP contribution is -1.96. The van der Waals surface area contributed by atoms with Crippen LogP contribution in [0.3, 0.4) is 0 Å². The fourth-order valence-corrected chi connectivity index (χ4v) is 1.40. The van der Waals surface area contributed by atoms with E-state index in [9.17, 15) is 4.79 Å². The molecule has 0 heterocycles. The molecule has 0 aliphatic rings. The van der Waals surface area contributed by atoms with E-state index in [0.717, 1.165) is 16.7 Å². The van der Waals surface area contributed by atoms with E-state index < -0.39 is 5.97 Å². The maximum atomic E-state index is 10.5. The summed E-state index contributed by atoms with van der Waals surface area (Å²) in [5.41, 5.74) is 2.99. The van der Waals surface area contributed by atoms with Gasteiger partial charge in [0.15, 0.2) is 0 Å². The van der Waals surface area contributed by atoms with Gasteiger partial charge >= 0.3 is 5.97 Å². The summed E-state index contributed by atoms with van der Waals surface area (Å²) in [7, 11) is 0. The van der Waals surface area contributed by atoms with Crippen LogP contribution in [-0.2, 0) is 4.79 Å². The Bertz CT molecular complexity index is 402. The SMILES string of the molecule is C=C(C)/C(=C\c1ccccc1)CCC(=O)O. The molecule has 0 aromatic heterocycles. The summed E-state index contributed by atoms with van der Waals surface area (Å²) >= 11 is 0. The predicted molar refractivity (Wildman–Crippen MR) is 66.1 cm³/mol.